The van der Waals surface area contributed by atoms with Crippen LogP contribution in [0, 0.1) is 20.8 Å². The monoisotopic (exact) mass is 306 g/mol. The van der Waals surface area contributed by atoms with Crippen molar-refractivity contribution in [3.8, 4) is 0 Å². The van der Waals surface area contributed by atoms with E-state index in [1.54, 1.807) is 25.3 Å². The van der Waals surface area contributed by atoms with Gasteiger partial charge in [0.05, 0.1) is 0 Å². The summed E-state index contributed by atoms with van der Waals surface area (Å²) in [6.45, 7) is 5.64. The van der Waals surface area contributed by atoms with E-state index in [2.05, 4.69) is 15.4 Å². The van der Waals surface area contributed by atoms with Crippen molar-refractivity contribution in [2.24, 2.45) is 7.05 Å². The van der Waals surface area contributed by atoms with Crippen LogP contribution in [0.3, 0.4) is 0 Å². The first-order chi connectivity index (χ1) is 9.86. The minimum Gasteiger partial charge on any atom is -0.295 e. The molecule has 0 saturated carbocycles. The summed E-state index contributed by atoms with van der Waals surface area (Å²) in [5, 5.41) is 6.71. The quantitative estimate of drug-likeness (QED) is 0.861. The zero-order chi connectivity index (χ0) is 15.6. The third kappa shape index (κ3) is 3.75. The van der Waals surface area contributed by atoms with E-state index in [-0.39, 0.29) is 24.5 Å². The van der Waals surface area contributed by atoms with Gasteiger partial charge in [-0.3, -0.25) is 14.9 Å². The summed E-state index contributed by atoms with van der Waals surface area (Å²) in [5.74, 6) is 0.755. The Labute approximate surface area is 127 Å². The number of Topliss-reactive ketones (excluding diaryl/α,β-unsaturated/α-hetero) is 1. The van der Waals surface area contributed by atoms with E-state index < -0.39 is 0 Å². The van der Waals surface area contributed by atoms with E-state index >= 15 is 0 Å². The summed E-state index contributed by atoms with van der Waals surface area (Å²) < 4.78 is 1.50. The summed E-state index contributed by atoms with van der Waals surface area (Å²) in [4.78, 5) is 30.2. The Balaban J connectivity index is 1.91. The van der Waals surface area contributed by atoms with E-state index in [1.165, 1.54) is 4.68 Å². The highest BCUT2D eigenvalue weighted by Gasteiger charge is 2.15. The molecule has 7 heteroatoms. The molecule has 2 rings (SSSR count). The van der Waals surface area contributed by atoms with Crippen LogP contribution in [-0.2, 0) is 11.8 Å². The van der Waals surface area contributed by atoms with E-state index in [9.17, 15) is 9.59 Å². The van der Waals surface area contributed by atoms with Crippen molar-refractivity contribution in [1.29, 1.82) is 0 Å². The van der Waals surface area contributed by atoms with Crippen molar-refractivity contribution < 1.29 is 9.59 Å². The molecule has 0 saturated heterocycles. The van der Waals surface area contributed by atoms with Crippen molar-refractivity contribution in [1.82, 2.24) is 14.8 Å². The molecule has 0 aliphatic carbocycles. The van der Waals surface area contributed by atoms with Gasteiger partial charge in [0.1, 0.15) is 5.82 Å². The summed E-state index contributed by atoms with van der Waals surface area (Å²) in [6, 6.07) is 1.88. The molecule has 21 heavy (non-hydrogen) atoms. The standard InChI is InChI=1S/C14H18N4O2S/c1-8-7-11(9(2)21-8)12(19)5-6-13(20)16-14-15-10(3)17-18(14)4/h7H,5-6H2,1-4H3,(H,15,16,17,20). The van der Waals surface area contributed by atoms with Crippen LogP contribution >= 0.6 is 11.3 Å². The van der Waals surface area contributed by atoms with Gasteiger partial charge in [0.25, 0.3) is 0 Å². The number of rotatable bonds is 5. The topological polar surface area (TPSA) is 76.9 Å². The Morgan fingerprint density at radius 3 is 2.52 bits per heavy atom. The average molecular weight is 306 g/mol. The van der Waals surface area contributed by atoms with Crippen LogP contribution in [0.25, 0.3) is 0 Å². The van der Waals surface area contributed by atoms with Crippen LogP contribution in [0.1, 0.15) is 38.8 Å². The van der Waals surface area contributed by atoms with Gasteiger partial charge in [0, 0.05) is 35.2 Å². The zero-order valence-electron chi connectivity index (χ0n) is 12.6. The molecule has 0 bridgehead atoms. The number of nitrogens with one attached hydrogen (secondary N) is 1. The molecule has 2 aromatic rings. The Hall–Kier alpha value is -2.02. The average Bonchev–Trinajstić information content (AvgIpc) is 2.89. The van der Waals surface area contributed by atoms with Crippen LogP contribution < -0.4 is 5.32 Å². The molecule has 0 radical (unpaired) electrons. The fourth-order valence-electron chi connectivity index (χ4n) is 2.08. The number of ketones is 1. The number of anilines is 1. The molecule has 0 aliphatic rings. The van der Waals surface area contributed by atoms with Gasteiger partial charge in [-0.25, -0.2) is 4.68 Å². The summed E-state index contributed by atoms with van der Waals surface area (Å²) in [7, 11) is 1.71. The molecular formula is C14H18N4O2S. The van der Waals surface area contributed by atoms with Crippen LogP contribution in [0.5, 0.6) is 0 Å². The second-order valence-electron chi connectivity index (χ2n) is 4.90. The largest absolute Gasteiger partial charge is 0.295 e. The Morgan fingerprint density at radius 2 is 2.00 bits per heavy atom. The highest BCUT2D eigenvalue weighted by atomic mass is 32.1. The summed E-state index contributed by atoms with van der Waals surface area (Å²) in [6.07, 6.45) is 0.332. The van der Waals surface area contributed by atoms with E-state index in [0.29, 0.717) is 11.8 Å². The van der Waals surface area contributed by atoms with Crippen molar-refractivity contribution in [3.63, 3.8) is 0 Å². The highest BCUT2D eigenvalue weighted by molar-refractivity contribution is 7.12. The predicted molar refractivity (Wildman–Crippen MR) is 81.7 cm³/mol. The van der Waals surface area contributed by atoms with Gasteiger partial charge in [-0.2, -0.15) is 10.1 Å². The van der Waals surface area contributed by atoms with Gasteiger partial charge in [0.15, 0.2) is 5.78 Å². The molecule has 1 N–H and O–H groups in total. The summed E-state index contributed by atoms with van der Waals surface area (Å²) >= 11 is 1.60. The van der Waals surface area contributed by atoms with E-state index in [4.69, 9.17) is 0 Å². The van der Waals surface area contributed by atoms with Gasteiger partial charge in [0.2, 0.25) is 11.9 Å². The molecule has 2 aromatic heterocycles. The number of carbonyl (C=O) groups excluding carboxylic acids is 2. The van der Waals surface area contributed by atoms with Gasteiger partial charge < -0.3 is 0 Å². The molecular weight excluding hydrogens is 288 g/mol. The Morgan fingerprint density at radius 1 is 1.29 bits per heavy atom. The molecule has 0 spiro atoms. The lowest BCUT2D eigenvalue weighted by Gasteiger charge is -2.03. The number of aryl methyl sites for hydroxylation is 4. The van der Waals surface area contributed by atoms with Gasteiger partial charge in [-0.05, 0) is 26.8 Å². The van der Waals surface area contributed by atoms with Crippen LogP contribution in [0.4, 0.5) is 5.95 Å². The maximum Gasteiger partial charge on any atom is 0.227 e. The van der Waals surface area contributed by atoms with Gasteiger partial charge in [-0.1, -0.05) is 0 Å². The molecule has 112 valence electrons. The maximum absolute atomic E-state index is 12.1. The first kappa shape index (κ1) is 15.4. The fourth-order valence-corrected chi connectivity index (χ4v) is 3.02. The Kier molecular flexibility index (Phi) is 4.52. The zero-order valence-corrected chi connectivity index (χ0v) is 13.4. The predicted octanol–water partition coefficient (Wildman–Crippen LogP) is 2.40. The first-order valence-corrected chi connectivity index (χ1v) is 7.46. The summed E-state index contributed by atoms with van der Waals surface area (Å²) in [5.41, 5.74) is 0.722. The number of hydrogen-bond donors (Lipinski definition) is 1. The molecule has 2 heterocycles. The molecule has 0 fully saturated rings. The van der Waals surface area contributed by atoms with Gasteiger partial charge >= 0.3 is 0 Å². The molecule has 0 aliphatic heterocycles. The number of carbonyl (C=O) groups is 2. The molecule has 0 unspecified atom stereocenters. The van der Waals surface area contributed by atoms with Crippen molar-refractivity contribution in [2.45, 2.75) is 33.6 Å². The van der Waals surface area contributed by atoms with Crippen LogP contribution in [0.2, 0.25) is 0 Å². The third-order valence-corrected chi connectivity index (χ3v) is 4.01. The number of aromatic nitrogens is 3. The second-order valence-corrected chi connectivity index (χ2v) is 6.36. The second kappa shape index (κ2) is 6.17. The SMILES string of the molecule is Cc1nc(NC(=O)CCC(=O)c2cc(C)sc2C)n(C)n1. The molecule has 0 atom stereocenters. The lowest BCUT2D eigenvalue weighted by atomic mass is 10.1. The number of thiophene rings is 1. The van der Waals surface area contributed by atoms with Crippen LogP contribution in [0.15, 0.2) is 6.07 Å². The van der Waals surface area contributed by atoms with E-state index in [0.717, 1.165) is 15.3 Å². The maximum atomic E-state index is 12.1. The molecule has 0 aromatic carbocycles. The third-order valence-electron chi connectivity index (χ3n) is 3.04. The number of nitrogens with zero attached hydrogens (tertiary/aromatic N) is 3. The van der Waals surface area contributed by atoms with Crippen molar-refractivity contribution in [3.05, 3.63) is 27.2 Å². The molecule has 6 nitrogen and oxygen atoms in total. The minimum atomic E-state index is -0.233. The normalized spacial score (nSPS) is 10.7. The van der Waals surface area contributed by atoms with Gasteiger partial charge in [-0.15, -0.1) is 11.3 Å². The smallest absolute Gasteiger partial charge is 0.227 e. The van der Waals surface area contributed by atoms with Crippen LogP contribution in [-0.4, -0.2) is 26.5 Å². The lowest BCUT2D eigenvalue weighted by Crippen LogP contribution is -2.16. The molecule has 1 amide bonds. The number of hydrogen-bond acceptors (Lipinski definition) is 5. The van der Waals surface area contributed by atoms with Crippen molar-refractivity contribution in [2.75, 3.05) is 5.32 Å². The first-order valence-electron chi connectivity index (χ1n) is 6.64. The Bertz CT molecular complexity index is 687. The van der Waals surface area contributed by atoms with E-state index in [1.807, 2.05) is 19.9 Å². The lowest BCUT2D eigenvalue weighted by molar-refractivity contribution is -0.116. The minimum absolute atomic E-state index is 0.00106. The number of amides is 1. The van der Waals surface area contributed by atoms with Crippen molar-refractivity contribution >= 4 is 29.0 Å². The highest BCUT2D eigenvalue weighted by Crippen LogP contribution is 2.22. The fraction of sp³-hybridized carbons (Fsp3) is 0.429.